The second kappa shape index (κ2) is 9.74. The fourth-order valence-corrected chi connectivity index (χ4v) is 5.11. The van der Waals surface area contributed by atoms with Crippen molar-refractivity contribution in [1.82, 2.24) is 9.66 Å². The molecule has 4 aromatic rings. The molecule has 0 atom stereocenters. The lowest BCUT2D eigenvalue weighted by Crippen LogP contribution is -2.32. The van der Waals surface area contributed by atoms with Crippen molar-refractivity contribution in [1.29, 1.82) is 0 Å². The van der Waals surface area contributed by atoms with Gasteiger partial charge >= 0.3 is 5.69 Å². The van der Waals surface area contributed by atoms with Crippen molar-refractivity contribution in [2.45, 2.75) is 6.61 Å². The van der Waals surface area contributed by atoms with E-state index in [-0.39, 0.29) is 0 Å². The standard InChI is InChI=1S/C22H13Br3ClN3O3/c23-14-6-5-13(16(24)9-14)11-32-20-17(25)7-12(8-18(20)26)10-27-29-21(30)15-3-1-2-4-19(15)28-22(29)31/h1-10H,11H2,(H,28,31). The highest BCUT2D eigenvalue weighted by Gasteiger charge is 2.11. The van der Waals surface area contributed by atoms with E-state index in [9.17, 15) is 9.59 Å². The second-order valence-corrected chi connectivity index (χ2v) is 9.71. The topological polar surface area (TPSA) is 76.5 Å². The van der Waals surface area contributed by atoms with E-state index >= 15 is 0 Å². The summed E-state index contributed by atoms with van der Waals surface area (Å²) in [4.78, 5) is 27.5. The van der Waals surface area contributed by atoms with Crippen LogP contribution in [0.25, 0.3) is 10.9 Å². The van der Waals surface area contributed by atoms with Crippen LogP contribution < -0.4 is 16.0 Å². The highest BCUT2D eigenvalue weighted by molar-refractivity contribution is 9.11. The number of halogens is 4. The summed E-state index contributed by atoms with van der Waals surface area (Å²) in [7, 11) is 0. The van der Waals surface area contributed by atoms with Gasteiger partial charge in [-0.3, -0.25) is 4.79 Å². The Kier molecular flexibility index (Phi) is 6.99. The van der Waals surface area contributed by atoms with Gasteiger partial charge in [0, 0.05) is 14.5 Å². The molecule has 0 amide bonds. The Bertz CT molecular complexity index is 1460. The Morgan fingerprint density at radius 2 is 1.81 bits per heavy atom. The van der Waals surface area contributed by atoms with Crippen molar-refractivity contribution in [3.05, 3.63) is 105 Å². The van der Waals surface area contributed by atoms with Crippen LogP contribution in [0.2, 0.25) is 5.02 Å². The smallest absolute Gasteiger partial charge is 0.349 e. The predicted octanol–water partition coefficient (Wildman–Crippen LogP) is 6.09. The first kappa shape index (κ1) is 23.0. The maximum absolute atomic E-state index is 12.6. The number of nitrogens with zero attached hydrogens (tertiary/aromatic N) is 2. The van der Waals surface area contributed by atoms with Crippen LogP contribution in [0, 0.1) is 0 Å². The maximum Gasteiger partial charge on any atom is 0.349 e. The highest BCUT2D eigenvalue weighted by atomic mass is 79.9. The molecule has 0 fully saturated rings. The van der Waals surface area contributed by atoms with Crippen molar-refractivity contribution in [3.63, 3.8) is 0 Å². The van der Waals surface area contributed by atoms with E-state index in [1.165, 1.54) is 6.21 Å². The zero-order valence-electron chi connectivity index (χ0n) is 16.1. The molecule has 6 nitrogen and oxygen atoms in total. The van der Waals surface area contributed by atoms with Crippen molar-refractivity contribution in [3.8, 4) is 5.75 Å². The van der Waals surface area contributed by atoms with Crippen LogP contribution in [-0.4, -0.2) is 15.9 Å². The third kappa shape index (κ3) is 4.91. The Balaban J connectivity index is 1.60. The lowest BCUT2D eigenvalue weighted by Gasteiger charge is -2.12. The zero-order valence-corrected chi connectivity index (χ0v) is 21.6. The normalized spacial score (nSPS) is 11.4. The van der Waals surface area contributed by atoms with Crippen LogP contribution in [0.15, 0.2) is 82.7 Å². The number of benzene rings is 3. The number of hydrogen-bond acceptors (Lipinski definition) is 4. The molecule has 32 heavy (non-hydrogen) atoms. The van der Waals surface area contributed by atoms with Gasteiger partial charge in [-0.25, -0.2) is 4.79 Å². The lowest BCUT2D eigenvalue weighted by molar-refractivity contribution is 0.303. The molecule has 3 aromatic carbocycles. The van der Waals surface area contributed by atoms with Crippen molar-refractivity contribution in [2.75, 3.05) is 0 Å². The lowest BCUT2D eigenvalue weighted by atomic mass is 10.2. The molecule has 10 heteroatoms. The van der Waals surface area contributed by atoms with Gasteiger partial charge in [0.15, 0.2) is 5.75 Å². The minimum atomic E-state index is -0.629. The molecule has 0 spiro atoms. The summed E-state index contributed by atoms with van der Waals surface area (Å²) in [6.45, 7) is 0.307. The molecule has 4 rings (SSSR count). The molecular formula is C22H13Br3ClN3O3. The number of H-pyrrole nitrogens is 1. The van der Waals surface area contributed by atoms with E-state index in [1.807, 2.05) is 18.2 Å². The average Bonchev–Trinajstić information content (AvgIpc) is 2.74. The second-order valence-electron chi connectivity index (χ2n) is 6.68. The first-order valence-electron chi connectivity index (χ1n) is 9.17. The fourth-order valence-electron chi connectivity index (χ4n) is 2.96. The minimum Gasteiger partial charge on any atom is -0.486 e. The molecule has 1 N–H and O–H groups in total. The molecule has 0 unspecified atom stereocenters. The SMILES string of the molecule is O=c1[nH]c2ccccc2c(=O)n1N=Cc1cc(Cl)c(OCc2ccc(Br)cc2Br)c(Br)c1. The molecule has 0 bridgehead atoms. The van der Waals surface area contributed by atoms with Crippen LogP contribution >= 0.6 is 59.4 Å². The zero-order chi connectivity index (χ0) is 22.8. The molecule has 0 aliphatic carbocycles. The summed E-state index contributed by atoms with van der Waals surface area (Å²) in [5, 5.41) is 4.78. The molecule has 1 aromatic heterocycles. The molecular weight excluding hydrogens is 629 g/mol. The molecule has 0 aliphatic rings. The van der Waals surface area contributed by atoms with Gasteiger partial charge in [0.05, 0.1) is 26.6 Å². The van der Waals surface area contributed by atoms with Crippen molar-refractivity contribution < 1.29 is 4.74 Å². The van der Waals surface area contributed by atoms with Crippen LogP contribution in [0.5, 0.6) is 5.75 Å². The van der Waals surface area contributed by atoms with Crippen molar-refractivity contribution in [2.24, 2.45) is 5.10 Å². The highest BCUT2D eigenvalue weighted by Crippen LogP contribution is 2.35. The van der Waals surface area contributed by atoms with E-state index in [0.717, 1.165) is 19.2 Å². The monoisotopic (exact) mass is 639 g/mol. The van der Waals surface area contributed by atoms with Gasteiger partial charge in [-0.2, -0.15) is 5.10 Å². The number of para-hydroxylation sites is 1. The summed E-state index contributed by atoms with van der Waals surface area (Å²) in [6.07, 6.45) is 1.39. The quantitative estimate of drug-likeness (QED) is 0.268. The first-order valence-corrected chi connectivity index (χ1v) is 11.9. The number of hydrogen-bond donors (Lipinski definition) is 1. The van der Waals surface area contributed by atoms with Crippen LogP contribution in [-0.2, 0) is 6.61 Å². The Morgan fingerprint density at radius 1 is 1.03 bits per heavy atom. The van der Waals surface area contributed by atoms with E-state index in [1.54, 1.807) is 36.4 Å². The number of ether oxygens (including phenoxy) is 1. The van der Waals surface area contributed by atoms with Gasteiger partial charge in [0.2, 0.25) is 0 Å². The Morgan fingerprint density at radius 3 is 2.56 bits per heavy atom. The van der Waals surface area contributed by atoms with E-state index in [2.05, 4.69) is 57.9 Å². The van der Waals surface area contributed by atoms with Crippen LogP contribution in [0.3, 0.4) is 0 Å². The maximum atomic E-state index is 12.6. The van der Waals surface area contributed by atoms with Gasteiger partial charge in [0.1, 0.15) is 6.61 Å². The van der Waals surface area contributed by atoms with Gasteiger partial charge < -0.3 is 9.72 Å². The molecule has 0 saturated carbocycles. The van der Waals surface area contributed by atoms with Gasteiger partial charge in [-0.1, -0.05) is 61.7 Å². The van der Waals surface area contributed by atoms with E-state index < -0.39 is 11.2 Å². The van der Waals surface area contributed by atoms with Gasteiger partial charge in [-0.05, 0) is 57.9 Å². The third-order valence-electron chi connectivity index (χ3n) is 4.51. The largest absolute Gasteiger partial charge is 0.486 e. The summed E-state index contributed by atoms with van der Waals surface area (Å²) in [6, 6.07) is 15.9. The molecule has 1 heterocycles. The number of aromatic nitrogens is 2. The third-order valence-corrected chi connectivity index (χ3v) is 6.62. The van der Waals surface area contributed by atoms with Crippen LogP contribution in [0.4, 0.5) is 0 Å². The summed E-state index contributed by atoms with van der Waals surface area (Å²) >= 11 is 16.8. The summed E-state index contributed by atoms with van der Waals surface area (Å²) in [5.41, 5.74) is 0.856. The van der Waals surface area contributed by atoms with Crippen molar-refractivity contribution >= 4 is 76.5 Å². The number of fused-ring (bicyclic) bond motifs is 1. The van der Waals surface area contributed by atoms with Gasteiger partial charge in [0.25, 0.3) is 5.56 Å². The fraction of sp³-hybridized carbons (Fsp3) is 0.0455. The predicted molar refractivity (Wildman–Crippen MR) is 137 cm³/mol. The van der Waals surface area contributed by atoms with E-state index in [4.69, 9.17) is 16.3 Å². The first-order chi connectivity index (χ1) is 15.3. The molecule has 0 aliphatic heterocycles. The minimum absolute atomic E-state index is 0.307. The van der Waals surface area contributed by atoms with E-state index in [0.29, 0.717) is 38.3 Å². The van der Waals surface area contributed by atoms with Gasteiger partial charge in [-0.15, -0.1) is 4.68 Å². The number of rotatable bonds is 5. The molecule has 0 saturated heterocycles. The average molecular weight is 643 g/mol. The molecule has 0 radical (unpaired) electrons. The number of aromatic amines is 1. The molecule has 162 valence electrons. The number of nitrogens with one attached hydrogen (secondary N) is 1. The Hall–Kier alpha value is -2.20. The van der Waals surface area contributed by atoms with Crippen LogP contribution in [0.1, 0.15) is 11.1 Å². The Labute approximate surface area is 212 Å². The summed E-state index contributed by atoms with van der Waals surface area (Å²) in [5.74, 6) is 0.472. The summed E-state index contributed by atoms with van der Waals surface area (Å²) < 4.78 is 9.16.